The lowest BCUT2D eigenvalue weighted by Gasteiger charge is -2.09. The van der Waals surface area contributed by atoms with Gasteiger partial charge in [-0.25, -0.2) is 4.98 Å². The third-order valence-corrected chi connectivity index (χ3v) is 3.72. The van der Waals surface area contributed by atoms with E-state index < -0.39 is 0 Å². The molecule has 0 spiro atoms. The van der Waals surface area contributed by atoms with Gasteiger partial charge in [0.15, 0.2) is 0 Å². The molecule has 126 valence electrons. The van der Waals surface area contributed by atoms with Crippen LogP contribution < -0.4 is 5.32 Å². The highest BCUT2D eigenvalue weighted by molar-refractivity contribution is 5.76. The number of nitrogens with zero attached hydrogens (tertiary/aromatic N) is 4. The van der Waals surface area contributed by atoms with Crippen LogP contribution in [0, 0.1) is 0 Å². The molecule has 3 aromatic rings. The third-order valence-electron chi connectivity index (χ3n) is 3.72. The molecule has 0 saturated heterocycles. The van der Waals surface area contributed by atoms with Gasteiger partial charge in [-0.15, -0.1) is 10.2 Å². The van der Waals surface area contributed by atoms with Gasteiger partial charge in [0.05, 0.1) is 5.69 Å². The molecule has 1 atom stereocenters. The number of rotatable bonds is 6. The molecule has 0 saturated carbocycles. The summed E-state index contributed by atoms with van der Waals surface area (Å²) in [6.07, 6.45) is 4.83. The molecule has 0 aromatic carbocycles. The maximum Gasteiger partial charge on any atom is 0.238 e. The lowest BCUT2D eigenvalue weighted by molar-refractivity contribution is -0.121. The van der Waals surface area contributed by atoms with Crippen molar-refractivity contribution in [3.8, 4) is 0 Å². The first kappa shape index (κ1) is 16.2. The molecule has 1 unspecified atom stereocenters. The number of hydrogen-bond donors (Lipinski definition) is 1. The molecule has 24 heavy (non-hydrogen) atoms. The largest absolute Gasteiger partial charge is 0.423 e. The number of amides is 1. The van der Waals surface area contributed by atoms with E-state index in [1.165, 1.54) is 0 Å². The zero-order valence-electron chi connectivity index (χ0n) is 14.1. The molecule has 0 fully saturated rings. The molecule has 1 amide bonds. The Balaban J connectivity index is 1.54. The minimum absolute atomic E-state index is 0.0659. The summed E-state index contributed by atoms with van der Waals surface area (Å²) in [7, 11) is 0. The average Bonchev–Trinajstić information content (AvgIpc) is 3.19. The Morgan fingerprint density at radius 3 is 2.75 bits per heavy atom. The molecular formula is C17H21N5O2. The van der Waals surface area contributed by atoms with Crippen molar-refractivity contribution in [1.29, 1.82) is 0 Å². The Bertz CT molecular complexity index is 803. The topological polar surface area (TPSA) is 85.3 Å². The van der Waals surface area contributed by atoms with Crippen molar-refractivity contribution in [3.05, 3.63) is 48.1 Å². The molecule has 7 heteroatoms. The summed E-state index contributed by atoms with van der Waals surface area (Å²) < 4.78 is 7.50. The van der Waals surface area contributed by atoms with Gasteiger partial charge in [-0.05, 0) is 25.5 Å². The smallest absolute Gasteiger partial charge is 0.238 e. The van der Waals surface area contributed by atoms with Gasteiger partial charge in [-0.2, -0.15) is 0 Å². The standard InChI is InChI=1S/C17H21N5O2/c1-11(2)16-20-21-17(24-16)12(3)18-15(23)8-7-13-10-22-9-5-4-6-14(22)19-13/h4-6,9-12H,7-8H2,1-3H3,(H,18,23). The van der Waals surface area contributed by atoms with Crippen molar-refractivity contribution in [1.82, 2.24) is 24.9 Å². The number of carbonyl (C=O) groups excluding carboxylic acids is 1. The summed E-state index contributed by atoms with van der Waals surface area (Å²) in [4.78, 5) is 16.6. The van der Waals surface area contributed by atoms with Crippen LogP contribution in [0.25, 0.3) is 5.65 Å². The lowest BCUT2D eigenvalue weighted by Crippen LogP contribution is -2.27. The van der Waals surface area contributed by atoms with Crippen molar-refractivity contribution < 1.29 is 9.21 Å². The third kappa shape index (κ3) is 3.61. The van der Waals surface area contributed by atoms with Crippen LogP contribution in [0.4, 0.5) is 0 Å². The highest BCUT2D eigenvalue weighted by Gasteiger charge is 2.17. The van der Waals surface area contributed by atoms with E-state index in [4.69, 9.17) is 4.42 Å². The van der Waals surface area contributed by atoms with Gasteiger partial charge in [0.2, 0.25) is 17.7 Å². The van der Waals surface area contributed by atoms with E-state index in [1.807, 2.05) is 55.8 Å². The Kier molecular flexibility index (Phi) is 4.59. The van der Waals surface area contributed by atoms with Crippen molar-refractivity contribution in [2.45, 2.75) is 45.6 Å². The van der Waals surface area contributed by atoms with Crippen molar-refractivity contribution in [2.24, 2.45) is 0 Å². The molecule has 0 aliphatic carbocycles. The predicted molar refractivity (Wildman–Crippen MR) is 88.5 cm³/mol. The molecule has 3 aromatic heterocycles. The lowest BCUT2D eigenvalue weighted by atomic mass is 10.2. The number of nitrogens with one attached hydrogen (secondary N) is 1. The average molecular weight is 327 g/mol. The van der Waals surface area contributed by atoms with Crippen molar-refractivity contribution >= 4 is 11.6 Å². The first-order valence-electron chi connectivity index (χ1n) is 8.08. The first-order chi connectivity index (χ1) is 11.5. The second-order valence-corrected chi connectivity index (χ2v) is 6.12. The number of pyridine rings is 1. The van der Waals surface area contributed by atoms with E-state index in [2.05, 4.69) is 20.5 Å². The summed E-state index contributed by atoms with van der Waals surface area (Å²) in [5.74, 6) is 1.11. The second-order valence-electron chi connectivity index (χ2n) is 6.12. The molecule has 0 bridgehead atoms. The fraction of sp³-hybridized carbons (Fsp3) is 0.412. The molecule has 0 aliphatic rings. The zero-order valence-corrected chi connectivity index (χ0v) is 14.1. The highest BCUT2D eigenvalue weighted by Crippen LogP contribution is 2.16. The van der Waals surface area contributed by atoms with Crippen LogP contribution in [0.5, 0.6) is 0 Å². The van der Waals surface area contributed by atoms with E-state index in [0.29, 0.717) is 24.6 Å². The molecular weight excluding hydrogens is 306 g/mol. The van der Waals surface area contributed by atoms with Crippen molar-refractivity contribution in [2.75, 3.05) is 0 Å². The van der Waals surface area contributed by atoms with Crippen molar-refractivity contribution in [3.63, 3.8) is 0 Å². The minimum atomic E-state index is -0.307. The first-order valence-corrected chi connectivity index (χ1v) is 8.08. The van der Waals surface area contributed by atoms with Crippen LogP contribution in [0.3, 0.4) is 0 Å². The summed E-state index contributed by atoms with van der Waals surface area (Å²) >= 11 is 0. The van der Waals surface area contributed by atoms with Gasteiger partial charge in [0.1, 0.15) is 11.7 Å². The van der Waals surface area contributed by atoms with E-state index in [1.54, 1.807) is 0 Å². The maximum absolute atomic E-state index is 12.1. The predicted octanol–water partition coefficient (Wildman–Crippen LogP) is 2.65. The Labute approximate surface area is 140 Å². The van der Waals surface area contributed by atoms with Crippen LogP contribution in [0.2, 0.25) is 0 Å². The van der Waals surface area contributed by atoms with Gasteiger partial charge in [0, 0.05) is 24.7 Å². The number of imidazole rings is 1. The number of fused-ring (bicyclic) bond motifs is 1. The van der Waals surface area contributed by atoms with E-state index in [-0.39, 0.29) is 17.9 Å². The van der Waals surface area contributed by atoms with E-state index in [0.717, 1.165) is 11.3 Å². The summed E-state index contributed by atoms with van der Waals surface area (Å²) in [5.41, 5.74) is 1.78. The number of aryl methyl sites for hydroxylation is 1. The van der Waals surface area contributed by atoms with Gasteiger partial charge >= 0.3 is 0 Å². The molecule has 0 aliphatic heterocycles. The monoisotopic (exact) mass is 327 g/mol. The highest BCUT2D eigenvalue weighted by atomic mass is 16.4. The molecule has 7 nitrogen and oxygen atoms in total. The Hall–Kier alpha value is -2.70. The van der Waals surface area contributed by atoms with Gasteiger partial charge in [-0.1, -0.05) is 19.9 Å². The van der Waals surface area contributed by atoms with E-state index in [9.17, 15) is 4.79 Å². The number of aromatic nitrogens is 4. The SMILES string of the molecule is CC(C)c1nnc(C(C)NC(=O)CCc2cn3ccccc3n2)o1. The molecule has 0 radical (unpaired) electrons. The van der Waals surface area contributed by atoms with Crippen LogP contribution in [-0.4, -0.2) is 25.5 Å². The zero-order chi connectivity index (χ0) is 17.1. The van der Waals surface area contributed by atoms with Crippen LogP contribution in [0.1, 0.15) is 56.6 Å². The van der Waals surface area contributed by atoms with Crippen LogP contribution in [-0.2, 0) is 11.2 Å². The minimum Gasteiger partial charge on any atom is -0.423 e. The van der Waals surface area contributed by atoms with Gasteiger partial charge in [-0.3, -0.25) is 4.79 Å². The Morgan fingerprint density at radius 2 is 2.04 bits per heavy atom. The quantitative estimate of drug-likeness (QED) is 0.752. The second kappa shape index (κ2) is 6.82. The fourth-order valence-electron chi connectivity index (χ4n) is 2.38. The fourth-order valence-corrected chi connectivity index (χ4v) is 2.38. The van der Waals surface area contributed by atoms with Gasteiger partial charge < -0.3 is 14.1 Å². The van der Waals surface area contributed by atoms with Gasteiger partial charge in [0.25, 0.3) is 0 Å². The van der Waals surface area contributed by atoms with E-state index >= 15 is 0 Å². The molecule has 1 N–H and O–H groups in total. The summed E-state index contributed by atoms with van der Waals surface area (Å²) in [5, 5.41) is 10.9. The number of carbonyl (C=O) groups is 1. The summed E-state index contributed by atoms with van der Waals surface area (Å²) in [6, 6.07) is 5.52. The maximum atomic E-state index is 12.1. The van der Waals surface area contributed by atoms with Crippen LogP contribution in [0.15, 0.2) is 35.0 Å². The van der Waals surface area contributed by atoms with Crippen LogP contribution >= 0.6 is 0 Å². The Morgan fingerprint density at radius 1 is 1.25 bits per heavy atom. The molecule has 3 rings (SSSR count). The number of hydrogen-bond acceptors (Lipinski definition) is 5. The normalized spacial score (nSPS) is 12.7. The molecule has 3 heterocycles. The summed E-state index contributed by atoms with van der Waals surface area (Å²) in [6.45, 7) is 5.80.